The van der Waals surface area contributed by atoms with Crippen molar-refractivity contribution in [2.45, 2.75) is 171 Å². The van der Waals surface area contributed by atoms with Gasteiger partial charge >= 0.3 is 24.1 Å². The molecule has 11 heterocycles. The first-order valence-corrected chi connectivity index (χ1v) is 52.0. The van der Waals surface area contributed by atoms with Crippen LogP contribution >= 0.6 is 34.0 Å². The van der Waals surface area contributed by atoms with Crippen molar-refractivity contribution in [3.05, 3.63) is 357 Å². The summed E-state index contributed by atoms with van der Waals surface area (Å²) in [5.41, 5.74) is 24.8. The van der Waals surface area contributed by atoms with Gasteiger partial charge in [-0.1, -0.05) is 158 Å². The molecule has 2 amide bonds. The first-order chi connectivity index (χ1) is 69.7. The number of carboxylic acid groups (broad SMARTS) is 1. The number of aromatic carboxylic acids is 1. The predicted octanol–water partition coefficient (Wildman–Crippen LogP) is 22.2. The van der Waals surface area contributed by atoms with Gasteiger partial charge in [0.2, 0.25) is 0 Å². The largest absolute Gasteiger partial charge is 0.478 e. The van der Waals surface area contributed by atoms with Gasteiger partial charge in [0, 0.05) is 136 Å². The number of amides is 2. The Morgan fingerprint density at radius 3 is 0.952 bits per heavy atom. The van der Waals surface area contributed by atoms with Crippen molar-refractivity contribution >= 4 is 92.5 Å². The molecule has 4 aliphatic heterocycles. The second kappa shape index (κ2) is 49.7. The lowest BCUT2D eigenvalue weighted by molar-refractivity contribution is 0.0522. The van der Waals surface area contributed by atoms with E-state index in [1.807, 2.05) is 149 Å². The van der Waals surface area contributed by atoms with Crippen LogP contribution in [0.15, 0.2) is 278 Å². The van der Waals surface area contributed by atoms with E-state index < -0.39 is 29.4 Å². The number of ketones is 2. The fraction of sp³-hybridized carbons (Fsp3) is 0.345. The number of Topliss-reactive ketones (excluding diaryl/α,β-unsaturated/α-hetero) is 2. The van der Waals surface area contributed by atoms with Crippen LogP contribution in [0.2, 0.25) is 0 Å². The SMILES string of the molecule is CC(C)(C)OC(=O)Nc1ccc(-c2cccs2)cc1N.CCOC(=O)c1cnc(CC2(c3ccccc3)CCN(C)CC2)nc1.CN1CCC(Cc2ncc(C(=O)Cc3cc(-c4cccs4)ccc3N)cn2)(c2ccccc2)CC1.CN1CCC(Cc2ncc(C(=O)Cc3cc(-c4cccs4)ccc3NC(=O)OC(C)(C)C)cn2)(c2ccccc2)CC1.CN1CCC(Cc2ncc(C(=O)O)cn2)(c2ccccc2)CC1. The maximum atomic E-state index is 13.5. The smallest absolute Gasteiger partial charge is 0.412 e. The Morgan fingerprint density at radius 2 is 0.648 bits per heavy atom. The Hall–Kier alpha value is -13.8. The van der Waals surface area contributed by atoms with Crippen molar-refractivity contribution in [3.63, 3.8) is 0 Å². The zero-order valence-electron chi connectivity index (χ0n) is 84.7. The van der Waals surface area contributed by atoms with E-state index in [1.165, 1.54) is 34.6 Å². The minimum atomic E-state index is -0.992. The topological polar surface area (TPSA) is 343 Å². The molecule has 0 spiro atoms. The number of aromatic nitrogens is 8. The number of hydrogen-bond donors (Lipinski definition) is 5. The molecule has 754 valence electrons. The molecule has 7 aromatic carbocycles. The lowest BCUT2D eigenvalue weighted by Crippen LogP contribution is -2.42. The van der Waals surface area contributed by atoms with Crippen molar-refractivity contribution in [2.24, 2.45) is 0 Å². The average molecular weight is 2010 g/mol. The number of carboxylic acids is 1. The van der Waals surface area contributed by atoms with Gasteiger partial charge in [0.25, 0.3) is 0 Å². The Balaban J connectivity index is 0.000000147. The monoisotopic (exact) mass is 2000 g/mol. The number of ether oxygens (including phenoxy) is 3. The minimum absolute atomic E-state index is 0.0238. The van der Waals surface area contributed by atoms with E-state index in [-0.39, 0.29) is 57.6 Å². The van der Waals surface area contributed by atoms with Crippen LogP contribution in [-0.4, -0.2) is 199 Å². The summed E-state index contributed by atoms with van der Waals surface area (Å²) in [5.74, 6) is 1.52. The number of piperidine rings is 4. The van der Waals surface area contributed by atoms with E-state index in [1.54, 1.807) is 84.2 Å². The molecule has 14 aromatic rings. The van der Waals surface area contributed by atoms with E-state index in [2.05, 4.69) is 214 Å². The van der Waals surface area contributed by atoms with Crippen LogP contribution in [0.1, 0.15) is 198 Å². The Bertz CT molecular complexity index is 6530. The zero-order chi connectivity index (χ0) is 103. The van der Waals surface area contributed by atoms with Crippen molar-refractivity contribution in [3.8, 4) is 31.3 Å². The number of hydrogen-bond acceptors (Lipinski definition) is 26. The standard InChI is InChI=1S/C34H38N4O3S.C29H30N4OS.C20H25N3O2.C18H21N3O2.C15H18N2O2S/c1-33(2,3)41-32(40)37-28-13-12-24(30-11-8-18-42-30)19-25(28)20-29(39)26-22-35-31(36-23-26)21-34(14-16-38(4)17-15-34)27-9-6-5-7-10-27;1-33-13-11-29(12-14-33,24-6-3-2-4-7-24)18-28-31-19-23(20-32-28)26(34)17-22-16-21(9-10-25(22)30)27-8-5-15-35-27;1-3-25-19(24)16-14-21-18(22-15-16)13-20(9-11-23(2)12-10-20)17-7-5-4-6-8-17;1-21-9-7-18(8-10-21,15-5-3-2-4-6-15)11-16-19-12-14(13-20-16)17(22)23;1-15(2,3)19-14(18)17-12-7-6-10(9-11(12)16)13-5-4-8-20-13/h5-13,18-19,22-23H,14-17,20-21H2,1-4H3,(H,37,40);2-10,15-16,19-20H,11-14,17-18,30H2,1H3;4-8,14-15H,3,9-13H2,1-2H3;2-6,12-13H,7-11H2,1H3,(H,22,23);4-9H,16H2,1-3H3,(H,17,18). The molecule has 0 bridgehead atoms. The van der Waals surface area contributed by atoms with Crippen molar-refractivity contribution in [1.82, 2.24) is 59.5 Å². The number of rotatable bonds is 26. The molecule has 18 rings (SSSR count). The highest BCUT2D eigenvalue weighted by molar-refractivity contribution is 7.14. The summed E-state index contributed by atoms with van der Waals surface area (Å²) in [7, 11) is 8.65. The van der Waals surface area contributed by atoms with Crippen LogP contribution in [-0.2, 0) is 74.4 Å². The van der Waals surface area contributed by atoms with Gasteiger partial charge in [-0.25, -0.2) is 59.0 Å². The molecule has 0 saturated carbocycles. The maximum absolute atomic E-state index is 13.5. The summed E-state index contributed by atoms with van der Waals surface area (Å²) in [4.78, 5) is 122. The number of anilines is 4. The van der Waals surface area contributed by atoms with E-state index in [4.69, 9.17) is 30.8 Å². The molecule has 26 nitrogen and oxygen atoms in total. The molecule has 4 fully saturated rings. The van der Waals surface area contributed by atoms with Crippen molar-refractivity contribution in [2.75, 3.05) is 109 Å². The second-order valence-electron chi connectivity index (χ2n) is 40.1. The minimum Gasteiger partial charge on any atom is -0.478 e. The third kappa shape index (κ3) is 30.0. The van der Waals surface area contributed by atoms with Gasteiger partial charge in [0.1, 0.15) is 34.5 Å². The van der Waals surface area contributed by atoms with E-state index >= 15 is 0 Å². The van der Waals surface area contributed by atoms with E-state index in [9.17, 15) is 28.8 Å². The summed E-state index contributed by atoms with van der Waals surface area (Å²) in [5, 5.41) is 20.5. The average Bonchev–Trinajstić information content (AvgIpc) is 1.24. The van der Waals surface area contributed by atoms with E-state index in [0.29, 0.717) is 57.4 Å². The number of nitrogens with zero attached hydrogens (tertiary/aromatic N) is 12. The van der Waals surface area contributed by atoms with Crippen LogP contribution in [0, 0.1) is 0 Å². The summed E-state index contributed by atoms with van der Waals surface area (Å²) < 4.78 is 15.6. The first-order valence-electron chi connectivity index (χ1n) is 49.4. The highest BCUT2D eigenvalue weighted by atomic mass is 32.1. The highest BCUT2D eigenvalue weighted by Crippen LogP contribution is 2.44. The molecule has 0 radical (unpaired) electrons. The fourth-order valence-electron chi connectivity index (χ4n) is 18.8. The fourth-order valence-corrected chi connectivity index (χ4v) is 21.0. The quantitative estimate of drug-likeness (QED) is 0.0145. The summed E-state index contributed by atoms with van der Waals surface area (Å²) >= 11 is 4.94. The summed E-state index contributed by atoms with van der Waals surface area (Å²) in [6, 6.07) is 71.9. The molecule has 0 atom stereocenters. The maximum Gasteiger partial charge on any atom is 0.412 e. The second-order valence-corrected chi connectivity index (χ2v) is 42.9. The number of thiophene rings is 3. The third-order valence-electron chi connectivity index (χ3n) is 27.2. The molecule has 0 unspecified atom stereocenters. The number of carbonyl (C=O) groups excluding carboxylic acids is 5. The molecular weight excluding hydrogens is 1870 g/mol. The Morgan fingerprint density at radius 1 is 0.359 bits per heavy atom. The lowest BCUT2D eigenvalue weighted by atomic mass is 9.70. The molecule has 4 saturated heterocycles. The molecule has 7 N–H and O–H groups in total. The highest BCUT2D eigenvalue weighted by Gasteiger charge is 2.41. The summed E-state index contributed by atoms with van der Waals surface area (Å²) in [6.45, 7) is 21.4. The van der Waals surface area contributed by atoms with Gasteiger partial charge in [-0.2, -0.15) is 0 Å². The Kier molecular flexibility index (Phi) is 36.6. The van der Waals surface area contributed by atoms with Crippen LogP contribution in [0.3, 0.4) is 0 Å². The van der Waals surface area contributed by atoms with Gasteiger partial charge in [0.15, 0.2) is 11.6 Å². The number of carbonyl (C=O) groups is 6. The van der Waals surface area contributed by atoms with Crippen molar-refractivity contribution in [1.29, 1.82) is 0 Å². The molecule has 0 aliphatic carbocycles. The number of nitrogens with one attached hydrogen (secondary N) is 2. The number of benzene rings is 7. The summed E-state index contributed by atoms with van der Waals surface area (Å²) in [6.07, 6.45) is 23.3. The van der Waals surface area contributed by atoms with E-state index in [0.717, 1.165) is 184 Å². The normalized spacial score (nSPS) is 15.5. The predicted molar refractivity (Wildman–Crippen MR) is 579 cm³/mol. The lowest BCUT2D eigenvalue weighted by Gasteiger charge is -2.41. The van der Waals surface area contributed by atoms with Crippen LogP contribution < -0.4 is 22.1 Å². The van der Waals surface area contributed by atoms with Gasteiger partial charge < -0.3 is 50.4 Å². The third-order valence-corrected chi connectivity index (χ3v) is 30.0. The Labute approximate surface area is 863 Å². The van der Waals surface area contributed by atoms with Crippen LogP contribution in [0.5, 0.6) is 0 Å². The van der Waals surface area contributed by atoms with Crippen LogP contribution in [0.25, 0.3) is 31.3 Å². The van der Waals surface area contributed by atoms with Gasteiger partial charge in [-0.15, -0.1) is 34.0 Å². The van der Waals surface area contributed by atoms with Gasteiger partial charge in [0.05, 0.1) is 40.2 Å². The number of likely N-dealkylation sites (tertiary alicyclic amines) is 4. The molecule has 145 heavy (non-hydrogen) atoms. The molecular formula is C116H132N16O10S3. The first kappa shape index (κ1) is 107. The number of esters is 1. The number of nitrogen functional groups attached to an aromatic ring is 2. The van der Waals surface area contributed by atoms with Crippen LogP contribution in [0.4, 0.5) is 32.3 Å². The molecule has 29 heteroatoms. The zero-order valence-corrected chi connectivity index (χ0v) is 87.1. The van der Waals surface area contributed by atoms with Gasteiger partial charge in [-0.3, -0.25) is 20.2 Å². The van der Waals surface area contributed by atoms with Gasteiger partial charge in [-0.05, 0) is 301 Å². The van der Waals surface area contributed by atoms with Crippen molar-refractivity contribution < 1.29 is 48.1 Å². The molecule has 4 aliphatic rings. The number of nitrogens with two attached hydrogens (primary N) is 2. The molecule has 7 aromatic heterocycles.